The molecule has 23 heavy (non-hydrogen) atoms. The van der Waals surface area contributed by atoms with E-state index in [1.807, 2.05) is 6.08 Å². The molecule has 1 aromatic rings. The smallest absolute Gasteiger partial charge is 0.278 e. The lowest BCUT2D eigenvalue weighted by molar-refractivity contribution is 0.292. The maximum absolute atomic E-state index is 12.3. The highest BCUT2D eigenvalue weighted by Crippen LogP contribution is 2.37. The molecule has 7 heteroatoms. The van der Waals surface area contributed by atoms with Gasteiger partial charge in [0.25, 0.3) is 5.56 Å². The number of allylic oxidation sites excluding steroid dienone is 1. The van der Waals surface area contributed by atoms with Crippen molar-refractivity contribution in [1.82, 2.24) is 20.5 Å². The molecular weight excluding hydrogens is 312 g/mol. The Bertz CT molecular complexity index is 844. The summed E-state index contributed by atoms with van der Waals surface area (Å²) in [6.07, 6.45) is 6.13. The second-order valence-electron chi connectivity index (χ2n) is 6.49. The van der Waals surface area contributed by atoms with Crippen LogP contribution in [0.25, 0.3) is 5.57 Å². The third-order valence-corrected chi connectivity index (χ3v) is 4.39. The fraction of sp³-hybridized carbons (Fsp3) is 0.438. The summed E-state index contributed by atoms with van der Waals surface area (Å²) < 4.78 is 5.63. The maximum atomic E-state index is 12.3. The number of aromatic nitrogens is 3. The summed E-state index contributed by atoms with van der Waals surface area (Å²) in [6.45, 7) is 6.31. The van der Waals surface area contributed by atoms with Gasteiger partial charge in [-0.05, 0) is 45.1 Å². The van der Waals surface area contributed by atoms with Crippen molar-refractivity contribution in [3.8, 4) is 0 Å². The second-order valence-corrected chi connectivity index (χ2v) is 6.89. The predicted molar refractivity (Wildman–Crippen MR) is 91.4 cm³/mol. The van der Waals surface area contributed by atoms with E-state index in [1.165, 1.54) is 5.57 Å². The molecule has 0 fully saturated rings. The number of H-pyrrole nitrogens is 2. The average Bonchev–Trinajstić information content (AvgIpc) is 2.46. The fourth-order valence-electron chi connectivity index (χ4n) is 3.31. The molecule has 122 valence electrons. The molecule has 2 aliphatic rings. The molecule has 6 nitrogen and oxygen atoms in total. The van der Waals surface area contributed by atoms with E-state index < -0.39 is 0 Å². The van der Waals surface area contributed by atoms with E-state index >= 15 is 0 Å². The van der Waals surface area contributed by atoms with Crippen molar-refractivity contribution < 1.29 is 4.74 Å². The Labute approximate surface area is 139 Å². The topological polar surface area (TPSA) is 82.8 Å². The van der Waals surface area contributed by atoms with Crippen LogP contribution in [-0.4, -0.2) is 33.9 Å². The Morgan fingerprint density at radius 1 is 1.39 bits per heavy atom. The average molecular weight is 332 g/mol. The van der Waals surface area contributed by atoms with Crippen LogP contribution in [-0.2, 0) is 4.74 Å². The highest BCUT2D eigenvalue weighted by Gasteiger charge is 2.38. The molecular formula is C16H20N4O2S. The zero-order chi connectivity index (χ0) is 16.8. The minimum absolute atomic E-state index is 0.0492. The highest BCUT2D eigenvalue weighted by atomic mass is 32.1. The lowest BCUT2D eigenvalue weighted by atomic mass is 9.76. The van der Waals surface area contributed by atoms with Gasteiger partial charge < -0.3 is 10.1 Å². The van der Waals surface area contributed by atoms with Crippen LogP contribution in [0.3, 0.4) is 0 Å². The van der Waals surface area contributed by atoms with Gasteiger partial charge >= 0.3 is 0 Å². The summed E-state index contributed by atoms with van der Waals surface area (Å²) in [5, 5.41) is 10.4. The van der Waals surface area contributed by atoms with E-state index in [9.17, 15) is 4.79 Å². The van der Waals surface area contributed by atoms with Gasteiger partial charge in [0.1, 0.15) is 5.76 Å². The quantitative estimate of drug-likeness (QED) is 0.570. The van der Waals surface area contributed by atoms with Crippen molar-refractivity contribution in [3.05, 3.63) is 50.4 Å². The Kier molecular flexibility index (Phi) is 3.85. The van der Waals surface area contributed by atoms with Crippen molar-refractivity contribution in [3.63, 3.8) is 0 Å². The molecule has 1 aromatic heterocycles. The third kappa shape index (κ3) is 2.94. The number of aromatic amines is 2. The lowest BCUT2D eigenvalue weighted by Gasteiger charge is -2.42. The van der Waals surface area contributed by atoms with E-state index in [0.29, 0.717) is 5.69 Å². The molecule has 3 rings (SSSR count). The van der Waals surface area contributed by atoms with Crippen molar-refractivity contribution in [2.75, 3.05) is 7.11 Å². The van der Waals surface area contributed by atoms with Crippen molar-refractivity contribution >= 4 is 17.8 Å². The van der Waals surface area contributed by atoms with E-state index in [4.69, 9.17) is 17.0 Å². The molecule has 2 atom stereocenters. The molecule has 0 saturated carbocycles. The Morgan fingerprint density at radius 2 is 2.13 bits per heavy atom. The molecule has 0 aromatic carbocycles. The summed E-state index contributed by atoms with van der Waals surface area (Å²) >= 11 is 4.92. The van der Waals surface area contributed by atoms with Crippen molar-refractivity contribution in [2.45, 2.75) is 32.4 Å². The molecule has 0 spiro atoms. The molecule has 1 aliphatic carbocycles. The van der Waals surface area contributed by atoms with Gasteiger partial charge in [-0.15, -0.1) is 0 Å². The minimum atomic E-state index is -0.303. The summed E-state index contributed by atoms with van der Waals surface area (Å²) in [5.41, 5.74) is 1.88. The number of hydrogen-bond acceptors (Lipinski definition) is 5. The van der Waals surface area contributed by atoms with E-state index in [-0.39, 0.29) is 27.8 Å². The van der Waals surface area contributed by atoms with Gasteiger partial charge in [-0.2, -0.15) is 5.10 Å². The first-order valence-corrected chi connectivity index (χ1v) is 7.85. The molecule has 0 radical (unpaired) electrons. The van der Waals surface area contributed by atoms with Crippen LogP contribution in [0.4, 0.5) is 0 Å². The number of nitrogens with zero attached hydrogens (tertiary/aromatic N) is 1. The minimum Gasteiger partial charge on any atom is -0.497 e. The van der Waals surface area contributed by atoms with Crippen LogP contribution in [0.5, 0.6) is 0 Å². The first-order valence-electron chi connectivity index (χ1n) is 7.44. The number of nitrogens with one attached hydrogen (secondary N) is 3. The van der Waals surface area contributed by atoms with E-state index in [2.05, 4.69) is 53.4 Å². The molecule has 0 amide bonds. The number of hydrogen-bond donors (Lipinski definition) is 3. The van der Waals surface area contributed by atoms with Gasteiger partial charge in [0.2, 0.25) is 0 Å². The molecule has 0 bridgehead atoms. The zero-order valence-corrected chi connectivity index (χ0v) is 14.4. The van der Waals surface area contributed by atoms with Crippen LogP contribution in [0.15, 0.2) is 34.4 Å². The van der Waals surface area contributed by atoms with Gasteiger partial charge in [0.15, 0.2) is 10.5 Å². The molecule has 2 unspecified atom stereocenters. The third-order valence-electron chi connectivity index (χ3n) is 4.20. The molecule has 2 heterocycles. The van der Waals surface area contributed by atoms with Crippen molar-refractivity contribution in [1.29, 1.82) is 0 Å². The monoisotopic (exact) mass is 332 g/mol. The van der Waals surface area contributed by atoms with Gasteiger partial charge in [-0.3, -0.25) is 14.9 Å². The Balaban J connectivity index is 2.17. The predicted octanol–water partition coefficient (Wildman–Crippen LogP) is 2.07. The number of fused-ring (bicyclic) bond motifs is 1. The zero-order valence-electron chi connectivity index (χ0n) is 13.6. The van der Waals surface area contributed by atoms with Crippen LogP contribution < -0.4 is 10.9 Å². The molecule has 1 aliphatic heterocycles. The Morgan fingerprint density at radius 3 is 2.78 bits per heavy atom. The van der Waals surface area contributed by atoms with Gasteiger partial charge in [0.05, 0.1) is 7.11 Å². The van der Waals surface area contributed by atoms with E-state index in [0.717, 1.165) is 11.3 Å². The molecule has 3 N–H and O–H groups in total. The van der Waals surface area contributed by atoms with Crippen LogP contribution in [0, 0.1) is 10.7 Å². The van der Waals surface area contributed by atoms with Gasteiger partial charge in [-0.25, -0.2) is 0 Å². The maximum Gasteiger partial charge on any atom is 0.278 e. The Hall–Kier alpha value is -1.99. The van der Waals surface area contributed by atoms with E-state index in [1.54, 1.807) is 7.11 Å². The fourth-order valence-corrected chi connectivity index (χ4v) is 3.45. The normalized spacial score (nSPS) is 25.8. The summed E-state index contributed by atoms with van der Waals surface area (Å²) in [5.74, 6) is 0.835. The van der Waals surface area contributed by atoms with Gasteiger partial charge in [0, 0.05) is 23.1 Å². The summed E-state index contributed by atoms with van der Waals surface area (Å²) in [6, 6.07) is -0.0492. The largest absolute Gasteiger partial charge is 0.497 e. The first-order chi connectivity index (χ1) is 10.8. The first kappa shape index (κ1) is 15.9. The molecule has 0 saturated heterocycles. The number of rotatable bonds is 2. The van der Waals surface area contributed by atoms with Crippen molar-refractivity contribution in [2.24, 2.45) is 5.92 Å². The van der Waals surface area contributed by atoms with Crippen LogP contribution in [0.1, 0.15) is 26.5 Å². The summed E-state index contributed by atoms with van der Waals surface area (Å²) in [7, 11) is 1.62. The lowest BCUT2D eigenvalue weighted by Crippen LogP contribution is -2.53. The number of ether oxygens (including phenoxy) is 1. The highest BCUT2D eigenvalue weighted by molar-refractivity contribution is 7.71. The SMILES string of the molecule is COC1=CC2C(C)=CC(C)(C)NC2C(c2n[nH]c(=S)[nH]c2=O)=C1. The van der Waals surface area contributed by atoms with Crippen LogP contribution in [0.2, 0.25) is 0 Å². The van der Waals surface area contributed by atoms with Crippen LogP contribution >= 0.6 is 12.2 Å². The standard InChI is InChI=1S/C16H20N4O2S/c1-8-7-16(2,3)18-12-10(8)5-9(22-4)6-11(12)13-14(21)17-15(23)20-19-13/h5-7,10,12,18H,1-4H3,(H2,17,20,21,23). The summed E-state index contributed by atoms with van der Waals surface area (Å²) in [4.78, 5) is 14.9. The number of methoxy groups -OCH3 is 1. The second kappa shape index (κ2) is 5.58. The van der Waals surface area contributed by atoms with Gasteiger partial charge in [-0.1, -0.05) is 11.6 Å².